The van der Waals surface area contributed by atoms with E-state index in [1.165, 1.54) is 11.3 Å². The van der Waals surface area contributed by atoms with Crippen molar-refractivity contribution in [3.05, 3.63) is 129 Å². The van der Waals surface area contributed by atoms with Crippen LogP contribution in [0.25, 0.3) is 6.08 Å². The van der Waals surface area contributed by atoms with Gasteiger partial charge >= 0.3 is 0 Å². The van der Waals surface area contributed by atoms with Crippen molar-refractivity contribution >= 4 is 40.6 Å². The van der Waals surface area contributed by atoms with Crippen molar-refractivity contribution in [2.24, 2.45) is 5.92 Å². The number of carbonyl (C=O) groups is 3. The van der Waals surface area contributed by atoms with Crippen LogP contribution in [0.5, 0.6) is 0 Å². The topological polar surface area (TPSA) is 66.5 Å². The maximum absolute atomic E-state index is 14.8. The van der Waals surface area contributed by atoms with Crippen LogP contribution in [-0.4, -0.2) is 28.4 Å². The Labute approximate surface area is 237 Å². The summed E-state index contributed by atoms with van der Waals surface area (Å²) in [5.74, 6) is -1.51. The third-order valence-electron chi connectivity index (χ3n) is 8.66. The lowest BCUT2D eigenvalue weighted by Gasteiger charge is -2.38. The fraction of sp³-hybridized carbons (Fsp3) is 0.206. The van der Waals surface area contributed by atoms with Gasteiger partial charge in [-0.3, -0.25) is 14.4 Å². The number of Topliss-reactive ketones (excluding diaryl/α,β-unsaturated/α-hetero) is 2. The second-order valence-electron chi connectivity index (χ2n) is 10.7. The molecule has 4 heterocycles. The van der Waals surface area contributed by atoms with Crippen molar-refractivity contribution in [2.45, 2.75) is 37.3 Å². The summed E-state index contributed by atoms with van der Waals surface area (Å²) in [5, 5.41) is 4.97. The molecule has 3 aromatic carbocycles. The molecule has 0 bridgehead atoms. The van der Waals surface area contributed by atoms with Crippen molar-refractivity contribution in [1.29, 1.82) is 0 Å². The molecule has 198 valence electrons. The first-order valence-electron chi connectivity index (χ1n) is 13.7. The molecule has 1 fully saturated rings. The highest BCUT2D eigenvalue weighted by molar-refractivity contribution is 7.12. The van der Waals surface area contributed by atoms with Crippen LogP contribution in [0.1, 0.15) is 61.7 Å². The predicted octanol–water partition coefficient (Wildman–Crippen LogP) is 6.68. The fourth-order valence-corrected chi connectivity index (χ4v) is 7.73. The van der Waals surface area contributed by atoms with E-state index in [2.05, 4.69) is 12.2 Å². The standard InChI is InChI=1S/C34H28N2O3S/c1-2-8-21-14-16-23(17-15-21)30(37)28-29(31(38)27-13-7-20-40-27)36-19-18-22-9-3-4-10-24(22)32(36)34(28)25-11-5-6-12-26(25)35-33(34)39/h3-7,9-20,28-29,32H,2,8H2,1H3,(H,35,39)/t28-,29+,32+,34+/m0/s1. The van der Waals surface area contributed by atoms with Gasteiger partial charge in [-0.15, -0.1) is 11.3 Å². The number of fused-ring (bicyclic) bond motifs is 6. The van der Waals surface area contributed by atoms with Gasteiger partial charge in [-0.25, -0.2) is 0 Å². The number of aryl methyl sites for hydroxylation is 1. The summed E-state index contributed by atoms with van der Waals surface area (Å²) < 4.78 is 0. The molecule has 3 aliphatic heterocycles. The Kier molecular flexibility index (Phi) is 5.82. The third-order valence-corrected chi connectivity index (χ3v) is 9.55. The Hall–Kier alpha value is -4.29. The number of nitrogens with zero attached hydrogens (tertiary/aromatic N) is 1. The first-order valence-corrected chi connectivity index (χ1v) is 14.6. The van der Waals surface area contributed by atoms with E-state index in [9.17, 15) is 14.4 Å². The lowest BCUT2D eigenvalue weighted by Crippen LogP contribution is -2.49. The molecule has 0 radical (unpaired) electrons. The van der Waals surface area contributed by atoms with Crippen molar-refractivity contribution in [3.8, 4) is 0 Å². The van der Waals surface area contributed by atoms with E-state index in [0.717, 1.165) is 35.1 Å². The van der Waals surface area contributed by atoms with Gasteiger partial charge in [0.1, 0.15) is 11.5 Å². The normalized spacial score (nSPS) is 24.0. The number of nitrogens with one attached hydrogen (secondary N) is 1. The van der Waals surface area contributed by atoms with Crippen LogP contribution in [0, 0.1) is 5.92 Å². The number of anilines is 1. The molecule has 1 saturated heterocycles. The van der Waals surface area contributed by atoms with Crippen LogP contribution in [0.3, 0.4) is 0 Å². The number of hydrogen-bond donors (Lipinski definition) is 1. The maximum atomic E-state index is 14.8. The van der Waals surface area contributed by atoms with Gasteiger partial charge in [0.05, 0.1) is 16.8 Å². The molecule has 1 spiro atoms. The van der Waals surface area contributed by atoms with Gasteiger partial charge in [-0.1, -0.05) is 86.1 Å². The molecule has 1 amide bonds. The first kappa shape index (κ1) is 24.7. The second kappa shape index (κ2) is 9.42. The average molecular weight is 545 g/mol. The zero-order valence-corrected chi connectivity index (χ0v) is 22.9. The van der Waals surface area contributed by atoms with Crippen LogP contribution < -0.4 is 5.32 Å². The molecule has 7 rings (SSSR count). The minimum atomic E-state index is -1.30. The number of rotatable bonds is 6. The summed E-state index contributed by atoms with van der Waals surface area (Å²) in [6.45, 7) is 2.12. The number of hydrogen-bond acceptors (Lipinski definition) is 5. The molecule has 5 nitrogen and oxygen atoms in total. The van der Waals surface area contributed by atoms with E-state index in [1.54, 1.807) is 6.07 Å². The zero-order chi connectivity index (χ0) is 27.4. The van der Waals surface area contributed by atoms with Gasteiger partial charge in [-0.2, -0.15) is 0 Å². The molecule has 3 aliphatic rings. The maximum Gasteiger partial charge on any atom is 0.238 e. The Morgan fingerprint density at radius 3 is 2.48 bits per heavy atom. The smallest absolute Gasteiger partial charge is 0.238 e. The molecule has 4 aromatic rings. The summed E-state index contributed by atoms with van der Waals surface area (Å²) >= 11 is 1.37. The highest BCUT2D eigenvalue weighted by atomic mass is 32.1. The number of ketones is 2. The summed E-state index contributed by atoms with van der Waals surface area (Å²) in [5.41, 5.74) is 3.76. The highest BCUT2D eigenvalue weighted by Gasteiger charge is 2.70. The summed E-state index contributed by atoms with van der Waals surface area (Å²) in [6.07, 6.45) is 5.83. The fourth-order valence-electron chi connectivity index (χ4n) is 7.04. The van der Waals surface area contributed by atoms with E-state index in [0.29, 0.717) is 16.1 Å². The minimum Gasteiger partial charge on any atom is -0.358 e. The van der Waals surface area contributed by atoms with Gasteiger partial charge in [-0.05, 0) is 52.3 Å². The molecular weight excluding hydrogens is 516 g/mol. The van der Waals surface area contributed by atoms with Crippen molar-refractivity contribution in [1.82, 2.24) is 4.90 Å². The Balaban J connectivity index is 1.50. The van der Waals surface area contributed by atoms with Gasteiger partial charge in [0.25, 0.3) is 0 Å². The van der Waals surface area contributed by atoms with Crippen molar-refractivity contribution in [2.75, 3.05) is 5.32 Å². The Bertz CT molecular complexity index is 1670. The molecule has 1 N–H and O–H groups in total. The van der Waals surface area contributed by atoms with Crippen molar-refractivity contribution in [3.63, 3.8) is 0 Å². The lowest BCUT2D eigenvalue weighted by molar-refractivity contribution is -0.122. The monoisotopic (exact) mass is 544 g/mol. The van der Waals surface area contributed by atoms with Crippen molar-refractivity contribution < 1.29 is 14.4 Å². The van der Waals surface area contributed by atoms with E-state index in [1.807, 2.05) is 101 Å². The number of carbonyl (C=O) groups excluding carboxylic acids is 3. The molecular formula is C34H28N2O3S. The molecule has 0 aliphatic carbocycles. The van der Waals surface area contributed by atoms with Gasteiger partial charge < -0.3 is 10.2 Å². The van der Waals surface area contributed by atoms with E-state index in [-0.39, 0.29) is 17.5 Å². The van der Waals surface area contributed by atoms with Gasteiger partial charge in [0.15, 0.2) is 11.6 Å². The number of thiophene rings is 1. The highest BCUT2D eigenvalue weighted by Crippen LogP contribution is 2.62. The van der Waals surface area contributed by atoms with Gasteiger partial charge in [0.2, 0.25) is 5.91 Å². The molecule has 40 heavy (non-hydrogen) atoms. The second-order valence-corrected chi connectivity index (χ2v) is 11.7. The van der Waals surface area contributed by atoms with E-state index in [4.69, 9.17) is 0 Å². The SMILES string of the molecule is CCCc1ccc(C(=O)[C@@H]2[C@H](C(=O)c3cccs3)N3C=Cc4ccccc4[C@@H]3[C@]23C(=O)Nc2ccccc23)cc1. The number of para-hydroxylation sites is 1. The zero-order valence-electron chi connectivity index (χ0n) is 22.0. The number of amides is 1. The summed E-state index contributed by atoms with van der Waals surface area (Å²) in [6, 6.07) is 25.5. The quantitative estimate of drug-likeness (QED) is 0.275. The van der Waals surface area contributed by atoms with Gasteiger partial charge in [0, 0.05) is 17.5 Å². The van der Waals surface area contributed by atoms with Crippen LogP contribution in [-0.2, 0) is 16.6 Å². The molecule has 6 heteroatoms. The lowest BCUT2D eigenvalue weighted by atomic mass is 9.62. The largest absolute Gasteiger partial charge is 0.358 e. The molecule has 0 saturated carbocycles. The first-order chi connectivity index (χ1) is 19.6. The van der Waals surface area contributed by atoms with Crippen LogP contribution in [0.2, 0.25) is 0 Å². The molecule has 4 atom stereocenters. The van der Waals surface area contributed by atoms with E-state index < -0.39 is 23.4 Å². The summed E-state index contributed by atoms with van der Waals surface area (Å²) in [7, 11) is 0. The van der Waals surface area contributed by atoms with Crippen LogP contribution >= 0.6 is 11.3 Å². The summed E-state index contributed by atoms with van der Waals surface area (Å²) in [4.78, 5) is 46.2. The Morgan fingerprint density at radius 1 is 0.925 bits per heavy atom. The average Bonchev–Trinajstić information content (AvgIpc) is 3.70. The predicted molar refractivity (Wildman–Crippen MR) is 158 cm³/mol. The molecule has 1 aromatic heterocycles. The van der Waals surface area contributed by atoms with Crippen LogP contribution in [0.15, 0.2) is 96.5 Å². The van der Waals surface area contributed by atoms with E-state index >= 15 is 0 Å². The molecule has 0 unspecified atom stereocenters. The van der Waals surface area contributed by atoms with Crippen LogP contribution in [0.4, 0.5) is 5.69 Å². The number of benzene rings is 3. The third kappa shape index (κ3) is 3.42. The minimum absolute atomic E-state index is 0.140. The Morgan fingerprint density at radius 2 is 1.70 bits per heavy atom.